The molecule has 2 aromatic heterocycles. The fourth-order valence-corrected chi connectivity index (χ4v) is 18.4. The van der Waals surface area contributed by atoms with Gasteiger partial charge in [-0.05, 0) is 196 Å². The Morgan fingerprint density at radius 2 is 0.565 bits per heavy atom. The summed E-state index contributed by atoms with van der Waals surface area (Å²) in [4.78, 5) is 4.90. The molecule has 0 atom stereocenters. The Morgan fingerprint density at radius 1 is 0.183 bits per heavy atom. The molecule has 2 heterocycles. The van der Waals surface area contributed by atoms with E-state index in [-0.39, 0.29) is 0 Å². The van der Waals surface area contributed by atoms with Crippen molar-refractivity contribution in [2.75, 3.05) is 9.80 Å². The molecule has 0 N–H and O–H groups in total. The molecule has 0 unspecified atom stereocenters. The summed E-state index contributed by atoms with van der Waals surface area (Å²) >= 11 is 0. The summed E-state index contributed by atoms with van der Waals surface area (Å²) in [5.74, 6) is 0. The minimum Gasteiger partial charge on any atom is -0.455 e. The van der Waals surface area contributed by atoms with Crippen LogP contribution in [0.25, 0.3) is 154 Å². The minimum atomic E-state index is -0.634. The Kier molecular flexibility index (Phi) is 16.1. The highest BCUT2D eigenvalue weighted by molar-refractivity contribution is 6.15. The van der Waals surface area contributed by atoms with Crippen LogP contribution >= 0.6 is 0 Å². The summed E-state index contributed by atoms with van der Waals surface area (Å²) in [6.45, 7) is 0. The fourth-order valence-electron chi connectivity index (χ4n) is 18.4. The molecule has 0 amide bonds. The van der Waals surface area contributed by atoms with E-state index >= 15 is 0 Å². The smallest absolute Gasteiger partial charge is 0.143 e. The van der Waals surface area contributed by atoms with Crippen LogP contribution in [0.4, 0.5) is 34.1 Å². The van der Waals surface area contributed by atoms with Crippen LogP contribution in [0, 0.1) is 0 Å². The lowest BCUT2D eigenvalue weighted by atomic mass is 9.67. The second-order valence-corrected chi connectivity index (χ2v) is 30.1. The van der Waals surface area contributed by atoms with Crippen molar-refractivity contribution in [3.63, 3.8) is 0 Å². The average molecular weight is 1470 g/mol. The van der Waals surface area contributed by atoms with Gasteiger partial charge in [-0.15, -0.1) is 0 Å². The first-order valence-electron chi connectivity index (χ1n) is 39.5. The molecule has 0 saturated carbocycles. The van der Waals surface area contributed by atoms with E-state index in [2.05, 4.69) is 441 Å². The number of furan rings is 2. The van der Waals surface area contributed by atoms with E-state index in [0.717, 1.165) is 145 Å². The van der Waals surface area contributed by atoms with E-state index in [1.807, 2.05) is 6.07 Å². The lowest BCUT2D eigenvalue weighted by molar-refractivity contribution is 0.670. The maximum atomic E-state index is 7.75. The molecule has 1 aliphatic carbocycles. The molecule has 0 fully saturated rings. The fraction of sp³-hybridized carbons (Fsp3) is 0.00901. The van der Waals surface area contributed by atoms with Gasteiger partial charge in [0.2, 0.25) is 0 Å². The lowest BCUT2D eigenvalue weighted by Gasteiger charge is -2.35. The van der Waals surface area contributed by atoms with Gasteiger partial charge in [-0.3, -0.25) is 0 Å². The number of para-hydroxylation sites is 6. The number of nitrogens with zero attached hydrogens (tertiary/aromatic N) is 2. The number of benzene rings is 19. The van der Waals surface area contributed by atoms with Crippen LogP contribution in [0.15, 0.2) is 446 Å². The molecule has 19 aromatic carbocycles. The Hall–Kier alpha value is -15.1. The molecule has 0 bridgehead atoms. The number of anilines is 6. The summed E-state index contributed by atoms with van der Waals surface area (Å²) in [5, 5.41) is 9.02. The SMILES string of the molecule is c1ccc(-c2ccc(N(c3cc(-c4ccc5ccccc5c4)cc(-c4cccc5c4oc4c(-c6ccccc6N(c6ccc(-c7cccc(-c8ccc9ccccc9c8)c7)cc6)c6ccc7c(c6)C(c6ccccc6)(c6ccccc6)c6ccccc6-7)cccc45)c3)c3ccccc3-c3cccc4c3oc3ccccc34)cc2)cc1. The van der Waals surface area contributed by atoms with Gasteiger partial charge in [0, 0.05) is 72.1 Å². The van der Waals surface area contributed by atoms with E-state index in [1.54, 1.807) is 0 Å². The number of hydrogen-bond donors (Lipinski definition) is 0. The second-order valence-electron chi connectivity index (χ2n) is 30.1. The van der Waals surface area contributed by atoms with Crippen LogP contribution in [-0.4, -0.2) is 0 Å². The molecule has 4 heteroatoms. The van der Waals surface area contributed by atoms with Crippen molar-refractivity contribution in [3.05, 3.63) is 459 Å². The van der Waals surface area contributed by atoms with Crippen molar-refractivity contribution in [2.24, 2.45) is 0 Å². The predicted molar refractivity (Wildman–Crippen MR) is 481 cm³/mol. The lowest BCUT2D eigenvalue weighted by Crippen LogP contribution is -2.28. The molecule has 1 aliphatic rings. The molecular formula is C111H72N2O2. The van der Waals surface area contributed by atoms with Crippen molar-refractivity contribution in [1.29, 1.82) is 0 Å². The standard InChI is InChI=1S/C111H72N2O2/c1-4-26-73(27-5-1)76-56-60-89(61-57-76)113(106-50-20-16-39-95(106)98-43-24-45-100-97-41-17-21-51-107(97)114-109(98)100)91-70-84(83-55-53-75-29-11-13-31-79(75)68-83)69-85(71-91)92-42-23-46-101-102-47-25-44-99(110(102)115-108(92)101)96-40-15-19-49-105(96)112(88-62-58-77(59-63-88)80-32-22-33-81(66-80)82-54-52-74-28-10-12-30-78(74)67-82)90-64-65-94-93-38-14-18-48-103(93)111(104(94)72-90,86-34-6-2-7-35-86)87-36-8-3-9-37-87/h1-72H. The van der Waals surface area contributed by atoms with Crippen LogP contribution in [0.1, 0.15) is 22.3 Å². The maximum Gasteiger partial charge on any atom is 0.143 e. The summed E-state index contributed by atoms with van der Waals surface area (Å²) in [7, 11) is 0. The van der Waals surface area contributed by atoms with E-state index in [1.165, 1.54) is 66.1 Å². The van der Waals surface area contributed by atoms with Gasteiger partial charge < -0.3 is 18.6 Å². The topological polar surface area (TPSA) is 32.8 Å². The molecule has 0 saturated heterocycles. The first kappa shape index (κ1) is 66.9. The third-order valence-corrected chi connectivity index (χ3v) is 23.7. The molecule has 0 radical (unpaired) electrons. The Bertz CT molecular complexity index is 7300. The third kappa shape index (κ3) is 11.4. The van der Waals surface area contributed by atoms with Gasteiger partial charge in [0.15, 0.2) is 0 Å². The zero-order valence-corrected chi connectivity index (χ0v) is 62.8. The van der Waals surface area contributed by atoms with Crippen molar-refractivity contribution in [1.82, 2.24) is 0 Å². The highest BCUT2D eigenvalue weighted by atomic mass is 16.3. The molecule has 22 rings (SSSR count). The van der Waals surface area contributed by atoms with Gasteiger partial charge in [-0.1, -0.05) is 346 Å². The van der Waals surface area contributed by atoms with Crippen molar-refractivity contribution in [2.45, 2.75) is 5.41 Å². The van der Waals surface area contributed by atoms with Gasteiger partial charge >= 0.3 is 0 Å². The first-order valence-corrected chi connectivity index (χ1v) is 39.5. The quantitative estimate of drug-likeness (QED) is 0.102. The molecule has 4 nitrogen and oxygen atoms in total. The van der Waals surface area contributed by atoms with E-state index < -0.39 is 5.41 Å². The summed E-state index contributed by atoms with van der Waals surface area (Å²) in [6, 6.07) is 160. The van der Waals surface area contributed by atoms with Gasteiger partial charge in [0.1, 0.15) is 22.3 Å². The minimum absolute atomic E-state index is 0.634. The summed E-state index contributed by atoms with van der Waals surface area (Å²) in [6.07, 6.45) is 0. The van der Waals surface area contributed by atoms with E-state index in [4.69, 9.17) is 8.83 Å². The van der Waals surface area contributed by atoms with Crippen molar-refractivity contribution >= 4 is 99.5 Å². The van der Waals surface area contributed by atoms with Gasteiger partial charge in [-0.2, -0.15) is 0 Å². The Morgan fingerprint density at radius 3 is 1.19 bits per heavy atom. The normalized spacial score (nSPS) is 12.2. The van der Waals surface area contributed by atoms with Gasteiger partial charge in [0.25, 0.3) is 0 Å². The number of hydrogen-bond acceptors (Lipinski definition) is 4. The van der Waals surface area contributed by atoms with E-state index in [9.17, 15) is 0 Å². The van der Waals surface area contributed by atoms with Crippen LogP contribution in [0.2, 0.25) is 0 Å². The summed E-state index contributed by atoms with van der Waals surface area (Å²) < 4.78 is 14.6. The van der Waals surface area contributed by atoms with Gasteiger partial charge in [0.05, 0.1) is 16.8 Å². The van der Waals surface area contributed by atoms with E-state index in [0.29, 0.717) is 0 Å². The van der Waals surface area contributed by atoms with Crippen molar-refractivity contribution in [3.8, 4) is 89.0 Å². The summed E-state index contributed by atoms with van der Waals surface area (Å²) in [5.41, 5.74) is 31.1. The highest BCUT2D eigenvalue weighted by Crippen LogP contribution is 2.58. The molecular weight excluding hydrogens is 1390 g/mol. The Labute approximate surface area is 667 Å². The zero-order valence-electron chi connectivity index (χ0n) is 62.8. The third-order valence-electron chi connectivity index (χ3n) is 23.7. The first-order chi connectivity index (χ1) is 57.0. The number of fused-ring (bicyclic) bond motifs is 11. The molecule has 538 valence electrons. The molecule has 0 spiro atoms. The highest BCUT2D eigenvalue weighted by Gasteiger charge is 2.46. The molecule has 115 heavy (non-hydrogen) atoms. The largest absolute Gasteiger partial charge is 0.455 e. The molecule has 21 aromatic rings. The van der Waals surface area contributed by atoms with Crippen LogP contribution in [0.3, 0.4) is 0 Å². The second kappa shape index (κ2) is 27.7. The monoisotopic (exact) mass is 1460 g/mol. The molecule has 0 aliphatic heterocycles. The average Bonchev–Trinajstić information content (AvgIpc) is 1.54. The Balaban J connectivity index is 0.729. The van der Waals surface area contributed by atoms with Crippen LogP contribution in [-0.2, 0) is 5.41 Å². The van der Waals surface area contributed by atoms with Crippen LogP contribution < -0.4 is 9.80 Å². The van der Waals surface area contributed by atoms with Crippen molar-refractivity contribution < 1.29 is 8.83 Å². The zero-order chi connectivity index (χ0) is 75.9. The van der Waals surface area contributed by atoms with Crippen LogP contribution in [0.5, 0.6) is 0 Å². The maximum absolute atomic E-state index is 7.75. The van der Waals surface area contributed by atoms with Gasteiger partial charge in [-0.25, -0.2) is 0 Å². The predicted octanol–water partition coefficient (Wildman–Crippen LogP) is 30.8. The number of rotatable bonds is 15.